The summed E-state index contributed by atoms with van der Waals surface area (Å²) in [5.74, 6) is -0.822. The smallest absolute Gasteiger partial charge is 0.319 e. The van der Waals surface area contributed by atoms with Crippen LogP contribution in [-0.2, 0) is 14.9 Å². The van der Waals surface area contributed by atoms with Gasteiger partial charge in [0, 0.05) is 18.7 Å². The van der Waals surface area contributed by atoms with E-state index < -0.39 is 17.2 Å². The van der Waals surface area contributed by atoms with Gasteiger partial charge in [0.05, 0.1) is 13.2 Å². The highest BCUT2D eigenvalue weighted by molar-refractivity contribution is 5.88. The van der Waals surface area contributed by atoms with Crippen LogP contribution in [-0.4, -0.2) is 31.1 Å². The van der Waals surface area contributed by atoms with Crippen LogP contribution < -0.4 is 0 Å². The Labute approximate surface area is 182 Å². The average Bonchev–Trinajstić information content (AvgIpc) is 2.77. The fourth-order valence-electron chi connectivity index (χ4n) is 4.67. The molecule has 3 aromatic carbocycles. The summed E-state index contributed by atoms with van der Waals surface area (Å²) in [6.45, 7) is 6.54. The number of hydrogen-bond donors (Lipinski definition) is 0. The maximum atomic E-state index is 15.1. The molecule has 0 saturated carbocycles. The Hall–Kier alpha value is -3.24. The first-order valence-corrected chi connectivity index (χ1v) is 10.3. The van der Waals surface area contributed by atoms with Gasteiger partial charge in [0.1, 0.15) is 11.2 Å². The Bertz CT molecular complexity index is 1050. The van der Waals surface area contributed by atoms with Gasteiger partial charge in [-0.2, -0.15) is 0 Å². The summed E-state index contributed by atoms with van der Waals surface area (Å²) in [6, 6.07) is 25.2. The number of rotatable bonds is 6. The van der Waals surface area contributed by atoms with E-state index in [4.69, 9.17) is 4.74 Å². The maximum absolute atomic E-state index is 15.1. The lowest BCUT2D eigenvalue weighted by atomic mass is 9.69. The van der Waals surface area contributed by atoms with Crippen molar-refractivity contribution in [1.82, 2.24) is 4.90 Å². The average molecular weight is 416 g/mol. The molecule has 0 spiro atoms. The number of halogens is 1. The van der Waals surface area contributed by atoms with Crippen LogP contribution in [0.4, 0.5) is 4.39 Å². The number of ether oxygens (including phenoxy) is 1. The maximum Gasteiger partial charge on any atom is 0.319 e. The molecule has 0 unspecified atom stereocenters. The Balaban J connectivity index is 1.78. The van der Waals surface area contributed by atoms with E-state index in [1.165, 1.54) is 13.2 Å². The van der Waals surface area contributed by atoms with Crippen LogP contribution in [0.2, 0.25) is 0 Å². The molecule has 0 amide bonds. The first-order valence-electron chi connectivity index (χ1n) is 10.3. The van der Waals surface area contributed by atoms with Gasteiger partial charge in [-0.25, -0.2) is 4.39 Å². The molecule has 1 aliphatic rings. The third-order valence-corrected chi connectivity index (χ3v) is 6.07. The SMILES string of the molecule is C=C(C)c1cccc(F)c1C1(C(=O)OC)CN(C(c2ccccc2)c2ccccc2)C1. The van der Waals surface area contributed by atoms with E-state index >= 15 is 4.39 Å². The number of carbonyl (C=O) groups excluding carboxylic acids is 1. The second-order valence-corrected chi connectivity index (χ2v) is 8.15. The summed E-state index contributed by atoms with van der Waals surface area (Å²) in [4.78, 5) is 15.2. The molecule has 3 nitrogen and oxygen atoms in total. The van der Waals surface area contributed by atoms with E-state index in [-0.39, 0.29) is 6.04 Å². The number of benzene rings is 3. The minimum atomic E-state index is -1.07. The van der Waals surface area contributed by atoms with Crippen LogP contribution in [0.3, 0.4) is 0 Å². The minimum absolute atomic E-state index is 0.0415. The lowest BCUT2D eigenvalue weighted by Gasteiger charge is -2.52. The van der Waals surface area contributed by atoms with Crippen molar-refractivity contribution in [3.05, 3.63) is 114 Å². The van der Waals surface area contributed by atoms with Gasteiger partial charge < -0.3 is 4.74 Å². The molecule has 1 fully saturated rings. The molecule has 4 heteroatoms. The zero-order valence-electron chi connectivity index (χ0n) is 17.8. The Morgan fingerprint density at radius 1 is 0.968 bits per heavy atom. The molecule has 0 bridgehead atoms. The molecule has 0 aromatic heterocycles. The van der Waals surface area contributed by atoms with Crippen molar-refractivity contribution >= 4 is 11.5 Å². The van der Waals surface area contributed by atoms with E-state index in [2.05, 4.69) is 35.7 Å². The zero-order chi connectivity index (χ0) is 22.0. The molecule has 158 valence electrons. The predicted octanol–water partition coefficient (Wildman–Crippen LogP) is 5.37. The number of esters is 1. The molecule has 1 heterocycles. The summed E-state index contributed by atoms with van der Waals surface area (Å²) < 4.78 is 20.3. The molecule has 0 atom stereocenters. The van der Waals surface area contributed by atoms with Crippen molar-refractivity contribution in [2.75, 3.05) is 20.2 Å². The molecule has 1 saturated heterocycles. The zero-order valence-corrected chi connectivity index (χ0v) is 17.8. The van der Waals surface area contributed by atoms with E-state index in [0.29, 0.717) is 24.2 Å². The number of nitrogens with zero attached hydrogens (tertiary/aromatic N) is 1. The van der Waals surface area contributed by atoms with Crippen LogP contribution in [0.15, 0.2) is 85.4 Å². The lowest BCUT2D eigenvalue weighted by Crippen LogP contribution is -2.65. The second kappa shape index (κ2) is 8.48. The van der Waals surface area contributed by atoms with Crippen molar-refractivity contribution in [3.8, 4) is 0 Å². The molecule has 1 aliphatic heterocycles. The van der Waals surface area contributed by atoms with Gasteiger partial charge in [-0.05, 0) is 29.7 Å². The number of carbonyl (C=O) groups is 1. The largest absolute Gasteiger partial charge is 0.468 e. The third-order valence-electron chi connectivity index (χ3n) is 6.07. The van der Waals surface area contributed by atoms with Crippen molar-refractivity contribution in [1.29, 1.82) is 0 Å². The standard InChI is InChI=1S/C27H26FNO2/c1-19(2)22-15-10-16-23(28)24(22)27(26(30)31-3)17-29(18-27)25(20-11-6-4-7-12-20)21-13-8-5-9-14-21/h4-16,25H,1,17-18H2,2-3H3. The quantitative estimate of drug-likeness (QED) is 0.507. The number of methoxy groups -OCH3 is 1. The molecule has 0 aliphatic carbocycles. The van der Waals surface area contributed by atoms with Gasteiger partial charge >= 0.3 is 5.97 Å². The van der Waals surface area contributed by atoms with E-state index in [9.17, 15) is 4.79 Å². The first kappa shape index (κ1) is 21.0. The van der Waals surface area contributed by atoms with Crippen LogP contribution in [0.25, 0.3) is 5.57 Å². The van der Waals surface area contributed by atoms with Gasteiger partial charge in [0.25, 0.3) is 0 Å². The highest BCUT2D eigenvalue weighted by Gasteiger charge is 2.55. The van der Waals surface area contributed by atoms with Crippen molar-refractivity contribution in [2.45, 2.75) is 18.4 Å². The summed E-state index contributed by atoms with van der Waals surface area (Å²) in [6.07, 6.45) is 0. The summed E-state index contributed by atoms with van der Waals surface area (Å²) in [5, 5.41) is 0. The number of allylic oxidation sites excluding steroid dienone is 1. The van der Waals surface area contributed by atoms with Crippen molar-refractivity contribution in [3.63, 3.8) is 0 Å². The Morgan fingerprint density at radius 2 is 1.52 bits per heavy atom. The second-order valence-electron chi connectivity index (χ2n) is 8.15. The molecular weight excluding hydrogens is 389 g/mol. The van der Waals surface area contributed by atoms with E-state index in [0.717, 1.165) is 16.7 Å². The highest BCUT2D eigenvalue weighted by Crippen LogP contribution is 2.45. The van der Waals surface area contributed by atoms with Gasteiger partial charge in [0.15, 0.2) is 0 Å². The van der Waals surface area contributed by atoms with Gasteiger partial charge in [-0.15, -0.1) is 0 Å². The van der Waals surface area contributed by atoms with Gasteiger partial charge in [0.2, 0.25) is 0 Å². The van der Waals surface area contributed by atoms with Crippen LogP contribution in [0, 0.1) is 5.82 Å². The minimum Gasteiger partial charge on any atom is -0.468 e. The third kappa shape index (κ3) is 3.68. The summed E-state index contributed by atoms with van der Waals surface area (Å²) in [7, 11) is 1.36. The van der Waals surface area contributed by atoms with Gasteiger partial charge in [-0.1, -0.05) is 84.9 Å². The number of hydrogen-bond acceptors (Lipinski definition) is 3. The van der Waals surface area contributed by atoms with Crippen molar-refractivity contribution < 1.29 is 13.9 Å². The highest BCUT2D eigenvalue weighted by atomic mass is 19.1. The fourth-order valence-corrected chi connectivity index (χ4v) is 4.67. The van der Waals surface area contributed by atoms with E-state index in [1.54, 1.807) is 6.07 Å². The monoisotopic (exact) mass is 415 g/mol. The van der Waals surface area contributed by atoms with Gasteiger partial charge in [-0.3, -0.25) is 9.69 Å². The van der Waals surface area contributed by atoms with Crippen LogP contribution in [0.1, 0.15) is 35.2 Å². The molecule has 31 heavy (non-hydrogen) atoms. The Kier molecular flexibility index (Phi) is 5.75. The van der Waals surface area contributed by atoms with Crippen LogP contribution in [0.5, 0.6) is 0 Å². The predicted molar refractivity (Wildman–Crippen MR) is 121 cm³/mol. The summed E-state index contributed by atoms with van der Waals surface area (Å²) >= 11 is 0. The van der Waals surface area contributed by atoms with Crippen LogP contribution >= 0.6 is 0 Å². The molecule has 0 N–H and O–H groups in total. The Morgan fingerprint density at radius 3 is 2.00 bits per heavy atom. The molecular formula is C27H26FNO2. The topological polar surface area (TPSA) is 29.5 Å². The van der Waals surface area contributed by atoms with E-state index in [1.807, 2.05) is 49.4 Å². The molecule has 4 rings (SSSR count). The molecule has 3 aromatic rings. The fraction of sp³-hybridized carbons (Fsp3) is 0.222. The summed E-state index contributed by atoms with van der Waals surface area (Å²) in [5.41, 5.74) is 2.95. The molecule has 0 radical (unpaired) electrons. The van der Waals surface area contributed by atoms with Crippen molar-refractivity contribution in [2.24, 2.45) is 0 Å². The number of likely N-dealkylation sites (tertiary alicyclic amines) is 1. The first-order chi connectivity index (χ1) is 15.0. The lowest BCUT2D eigenvalue weighted by molar-refractivity contribution is -0.156. The normalized spacial score (nSPS) is 15.4.